The van der Waals surface area contributed by atoms with Crippen molar-refractivity contribution in [2.24, 2.45) is 0 Å². The van der Waals surface area contributed by atoms with Crippen molar-refractivity contribution in [2.45, 2.75) is 6.92 Å². The van der Waals surface area contributed by atoms with E-state index in [2.05, 4.69) is 27.9 Å². The highest BCUT2D eigenvalue weighted by Crippen LogP contribution is 2.29. The topological polar surface area (TPSA) is 49.3 Å². The zero-order valence-corrected chi connectivity index (χ0v) is 12.8. The molecule has 0 aromatic heterocycles. The van der Waals surface area contributed by atoms with Crippen molar-refractivity contribution in [2.75, 3.05) is 5.32 Å². The van der Waals surface area contributed by atoms with Gasteiger partial charge in [0.05, 0.1) is 0 Å². The fraction of sp³-hybridized carbons (Fsp3) is 0.0714. The lowest BCUT2D eigenvalue weighted by Crippen LogP contribution is -2.08. The van der Waals surface area contributed by atoms with Crippen LogP contribution in [0.2, 0.25) is 0 Å². The molecule has 0 bridgehead atoms. The molecule has 3 nitrogen and oxygen atoms in total. The Morgan fingerprint density at radius 1 is 1.19 bits per heavy atom. The molecule has 0 saturated heterocycles. The predicted octanol–water partition coefficient (Wildman–Crippen LogP) is 4.46. The number of rotatable bonds is 3. The standard InChI is InChI=1S/C14H9F3INO2/c1-6-4-7(18)2-3-10(6)19-13-9(15)5-8(14(20)21)11(16)12(13)17/h2-5,19H,1H3,(H,20,21). The van der Waals surface area contributed by atoms with Gasteiger partial charge in [-0.1, -0.05) is 0 Å². The summed E-state index contributed by atoms with van der Waals surface area (Å²) in [6, 6.07) is 5.54. The molecule has 2 N–H and O–H groups in total. The Morgan fingerprint density at radius 2 is 1.86 bits per heavy atom. The Balaban J connectivity index is 2.50. The Kier molecular flexibility index (Phi) is 4.40. The molecule has 2 rings (SSSR count). The molecule has 0 fully saturated rings. The Hall–Kier alpha value is -1.77. The van der Waals surface area contributed by atoms with Crippen LogP contribution >= 0.6 is 22.6 Å². The monoisotopic (exact) mass is 407 g/mol. The first kappa shape index (κ1) is 15.6. The number of anilines is 2. The average molecular weight is 407 g/mol. The minimum absolute atomic E-state index is 0.399. The van der Waals surface area contributed by atoms with Crippen molar-refractivity contribution in [3.8, 4) is 0 Å². The molecule has 0 radical (unpaired) electrons. The van der Waals surface area contributed by atoms with E-state index in [1.165, 1.54) is 0 Å². The Labute approximate surface area is 131 Å². The summed E-state index contributed by atoms with van der Waals surface area (Å²) in [6.45, 7) is 1.72. The molecule has 110 valence electrons. The van der Waals surface area contributed by atoms with Crippen molar-refractivity contribution < 1.29 is 23.1 Å². The third-order valence-electron chi connectivity index (χ3n) is 2.84. The number of hydrogen-bond donors (Lipinski definition) is 2. The molecule has 0 aliphatic heterocycles. The summed E-state index contributed by atoms with van der Waals surface area (Å²) < 4.78 is 42.2. The molecule has 21 heavy (non-hydrogen) atoms. The fourth-order valence-corrected chi connectivity index (χ4v) is 2.41. The lowest BCUT2D eigenvalue weighted by Gasteiger charge is -2.13. The first-order chi connectivity index (χ1) is 9.81. The van der Waals surface area contributed by atoms with Crippen LogP contribution in [0, 0.1) is 27.9 Å². The normalized spacial score (nSPS) is 10.5. The van der Waals surface area contributed by atoms with E-state index in [0.717, 1.165) is 3.57 Å². The van der Waals surface area contributed by atoms with Crippen LogP contribution in [0.4, 0.5) is 24.5 Å². The van der Waals surface area contributed by atoms with E-state index in [1.807, 2.05) is 0 Å². The molecule has 0 unspecified atom stereocenters. The maximum Gasteiger partial charge on any atom is 0.338 e. The molecule has 0 aliphatic rings. The maximum absolute atomic E-state index is 13.8. The zero-order chi connectivity index (χ0) is 15.7. The molecule has 2 aromatic carbocycles. The SMILES string of the molecule is Cc1cc(I)ccc1Nc1c(F)cc(C(=O)O)c(F)c1F. The highest BCUT2D eigenvalue weighted by molar-refractivity contribution is 14.1. The highest BCUT2D eigenvalue weighted by Gasteiger charge is 2.22. The van der Waals surface area contributed by atoms with Crippen LogP contribution in [0.5, 0.6) is 0 Å². The van der Waals surface area contributed by atoms with Crippen LogP contribution in [0.25, 0.3) is 0 Å². The number of nitrogens with one attached hydrogen (secondary N) is 1. The van der Waals surface area contributed by atoms with Crippen LogP contribution in [-0.4, -0.2) is 11.1 Å². The number of hydrogen-bond acceptors (Lipinski definition) is 2. The van der Waals surface area contributed by atoms with Gasteiger partial charge in [0.25, 0.3) is 0 Å². The highest BCUT2D eigenvalue weighted by atomic mass is 127. The van der Waals surface area contributed by atoms with Crippen molar-refractivity contribution in [3.05, 3.63) is 56.4 Å². The van der Waals surface area contributed by atoms with E-state index in [4.69, 9.17) is 5.11 Å². The van der Waals surface area contributed by atoms with E-state index in [0.29, 0.717) is 17.3 Å². The number of carboxylic acids is 1. The molecular formula is C14H9F3INO2. The number of benzene rings is 2. The Morgan fingerprint density at radius 3 is 2.43 bits per heavy atom. The third-order valence-corrected chi connectivity index (χ3v) is 3.51. The second kappa shape index (κ2) is 5.92. The van der Waals surface area contributed by atoms with E-state index in [9.17, 15) is 18.0 Å². The number of halogens is 4. The summed E-state index contributed by atoms with van der Waals surface area (Å²) in [7, 11) is 0. The van der Waals surface area contributed by atoms with Crippen LogP contribution in [0.3, 0.4) is 0 Å². The van der Waals surface area contributed by atoms with Crippen LogP contribution < -0.4 is 5.32 Å². The zero-order valence-electron chi connectivity index (χ0n) is 10.7. The summed E-state index contributed by atoms with van der Waals surface area (Å²) in [6.07, 6.45) is 0. The second-order valence-electron chi connectivity index (χ2n) is 4.30. The van der Waals surface area contributed by atoms with E-state index < -0.39 is 34.7 Å². The van der Waals surface area contributed by atoms with Gasteiger partial charge >= 0.3 is 5.97 Å². The van der Waals surface area contributed by atoms with E-state index >= 15 is 0 Å². The Bertz CT molecular complexity index is 735. The van der Waals surface area contributed by atoms with Gasteiger partial charge in [0.15, 0.2) is 17.5 Å². The summed E-state index contributed by atoms with van der Waals surface area (Å²) in [5, 5.41) is 11.1. The molecule has 0 heterocycles. The summed E-state index contributed by atoms with van der Waals surface area (Å²) in [5.74, 6) is -6.08. The molecular weight excluding hydrogens is 398 g/mol. The lowest BCUT2D eigenvalue weighted by atomic mass is 10.1. The summed E-state index contributed by atoms with van der Waals surface area (Å²) in [5.41, 5.74) is -0.657. The van der Waals surface area contributed by atoms with Gasteiger partial charge in [0.1, 0.15) is 11.3 Å². The van der Waals surface area contributed by atoms with Crippen molar-refractivity contribution >= 4 is 39.9 Å². The van der Waals surface area contributed by atoms with Gasteiger partial charge in [0, 0.05) is 9.26 Å². The largest absolute Gasteiger partial charge is 0.478 e. The summed E-state index contributed by atoms with van der Waals surface area (Å²) >= 11 is 2.08. The van der Waals surface area contributed by atoms with Crippen LogP contribution in [-0.2, 0) is 0 Å². The maximum atomic E-state index is 13.8. The number of carbonyl (C=O) groups is 1. The van der Waals surface area contributed by atoms with Gasteiger partial charge < -0.3 is 10.4 Å². The van der Waals surface area contributed by atoms with Gasteiger partial charge in [0.2, 0.25) is 0 Å². The number of aryl methyl sites for hydroxylation is 1. The molecule has 0 saturated carbocycles. The lowest BCUT2D eigenvalue weighted by molar-refractivity contribution is 0.0690. The van der Waals surface area contributed by atoms with Crippen LogP contribution in [0.15, 0.2) is 24.3 Å². The molecule has 7 heteroatoms. The van der Waals surface area contributed by atoms with Gasteiger partial charge in [-0.25, -0.2) is 18.0 Å². The van der Waals surface area contributed by atoms with Crippen molar-refractivity contribution in [3.63, 3.8) is 0 Å². The van der Waals surface area contributed by atoms with Gasteiger partial charge in [-0.05, 0) is 59.3 Å². The first-order valence-electron chi connectivity index (χ1n) is 5.75. The molecule has 2 aromatic rings. The minimum Gasteiger partial charge on any atom is -0.478 e. The predicted molar refractivity (Wildman–Crippen MR) is 80.5 cm³/mol. The molecule has 0 atom stereocenters. The van der Waals surface area contributed by atoms with Crippen LogP contribution in [0.1, 0.15) is 15.9 Å². The molecule has 0 amide bonds. The second-order valence-corrected chi connectivity index (χ2v) is 5.54. The molecule has 0 aliphatic carbocycles. The van der Waals surface area contributed by atoms with Gasteiger partial charge in [-0.15, -0.1) is 0 Å². The van der Waals surface area contributed by atoms with Crippen molar-refractivity contribution in [1.82, 2.24) is 0 Å². The van der Waals surface area contributed by atoms with Gasteiger partial charge in [-0.2, -0.15) is 0 Å². The fourth-order valence-electron chi connectivity index (χ4n) is 1.77. The summed E-state index contributed by atoms with van der Waals surface area (Å²) in [4.78, 5) is 10.7. The number of carboxylic acid groups (broad SMARTS) is 1. The minimum atomic E-state index is -1.73. The number of aromatic carboxylic acids is 1. The smallest absolute Gasteiger partial charge is 0.338 e. The van der Waals surface area contributed by atoms with E-state index in [-0.39, 0.29) is 0 Å². The van der Waals surface area contributed by atoms with Crippen molar-refractivity contribution in [1.29, 1.82) is 0 Å². The quantitative estimate of drug-likeness (QED) is 0.584. The first-order valence-corrected chi connectivity index (χ1v) is 6.83. The van der Waals surface area contributed by atoms with E-state index in [1.54, 1.807) is 25.1 Å². The molecule has 0 spiro atoms. The average Bonchev–Trinajstić information content (AvgIpc) is 2.40. The third kappa shape index (κ3) is 3.12. The van der Waals surface area contributed by atoms with Gasteiger partial charge in [-0.3, -0.25) is 0 Å².